The van der Waals surface area contributed by atoms with Gasteiger partial charge in [-0.1, -0.05) is 5.24 Å². The molecule has 6 radical (unpaired) electrons. The van der Waals surface area contributed by atoms with Gasteiger partial charge in [-0.2, -0.15) is 5.10 Å². The van der Waals surface area contributed by atoms with Crippen molar-refractivity contribution in [1.29, 1.82) is 0 Å². The molecule has 34 heavy (non-hydrogen) atoms. The van der Waals surface area contributed by atoms with Crippen LogP contribution in [-0.2, 0) is 12.3 Å². The van der Waals surface area contributed by atoms with Crippen molar-refractivity contribution in [3.8, 4) is 22.8 Å². The minimum Gasteiger partial charge on any atom is -0.456 e. The number of aromatic nitrogens is 6. The lowest BCUT2D eigenvalue weighted by Gasteiger charge is -2.26. The summed E-state index contributed by atoms with van der Waals surface area (Å²) in [6.07, 6.45) is 7.73. The fraction of sp³-hybridized carbons (Fsp3) is 0.143. The smallest absolute Gasteiger partial charge is 0.264 e. The quantitative estimate of drug-likeness (QED) is 0.436. The van der Waals surface area contributed by atoms with Crippen LogP contribution < -0.4 is 15.6 Å². The van der Waals surface area contributed by atoms with E-state index in [0.29, 0.717) is 17.2 Å². The summed E-state index contributed by atoms with van der Waals surface area (Å²) in [5, 5.41) is 4.65. The SMILES string of the molecule is [B]C([B])([B])n1c(C)ncc(C(=O)Nc2ccc(Oc3ccnc(-c4cnn(C)c4)c3)cn2)c1=O. The van der Waals surface area contributed by atoms with Gasteiger partial charge >= 0.3 is 0 Å². The van der Waals surface area contributed by atoms with Gasteiger partial charge in [0.2, 0.25) is 0 Å². The first-order valence-corrected chi connectivity index (χ1v) is 9.98. The van der Waals surface area contributed by atoms with Crippen LogP contribution in [0.1, 0.15) is 16.2 Å². The average molecular weight is 447 g/mol. The molecule has 0 aliphatic carbocycles. The van der Waals surface area contributed by atoms with Crippen molar-refractivity contribution in [3.05, 3.63) is 77.0 Å². The monoisotopic (exact) mass is 447 g/mol. The highest BCUT2D eigenvalue weighted by Gasteiger charge is 2.21. The standard InChI is InChI=1S/C21H16B3N7O3/c1-12-26-10-16(20(33)31(12)21(22,23)24)19(32)29-18-4-3-15(9-27-18)34-14-5-6-25-17(7-14)13-8-28-30(2)11-13/h3-11H,1-2H3,(H,27,29,32). The van der Waals surface area contributed by atoms with E-state index in [2.05, 4.69) is 25.4 Å². The number of ether oxygens (including phenoxy) is 1. The van der Waals surface area contributed by atoms with Crippen molar-refractivity contribution in [3.63, 3.8) is 0 Å². The number of rotatable bonds is 6. The van der Waals surface area contributed by atoms with Crippen LogP contribution in [0.5, 0.6) is 11.5 Å². The maximum Gasteiger partial charge on any atom is 0.264 e. The summed E-state index contributed by atoms with van der Waals surface area (Å²) in [5.41, 5.74) is 0.485. The van der Waals surface area contributed by atoms with Crippen LogP contribution in [0.2, 0.25) is 0 Å². The number of carbonyl (C=O) groups excluding carboxylic acids is 1. The fourth-order valence-corrected chi connectivity index (χ4v) is 3.17. The molecule has 0 bridgehead atoms. The normalized spacial score (nSPS) is 11.2. The predicted octanol–water partition coefficient (Wildman–Crippen LogP) is 0.860. The highest BCUT2D eigenvalue weighted by molar-refractivity contribution is 6.56. The van der Waals surface area contributed by atoms with Gasteiger partial charge in [0.1, 0.15) is 28.7 Å². The molecule has 13 heteroatoms. The third-order valence-electron chi connectivity index (χ3n) is 4.72. The Kier molecular flexibility index (Phi) is 6.10. The Labute approximate surface area is 198 Å². The van der Waals surface area contributed by atoms with E-state index in [1.165, 1.54) is 19.2 Å². The zero-order valence-corrected chi connectivity index (χ0v) is 18.3. The first kappa shape index (κ1) is 23.0. The lowest BCUT2D eigenvalue weighted by atomic mass is 9.49. The number of anilines is 1. The van der Waals surface area contributed by atoms with Crippen LogP contribution in [0.25, 0.3) is 11.3 Å². The van der Waals surface area contributed by atoms with Crippen LogP contribution in [-0.4, -0.2) is 58.7 Å². The molecule has 4 heterocycles. The van der Waals surface area contributed by atoms with E-state index in [0.717, 1.165) is 16.3 Å². The molecule has 0 fully saturated rings. The van der Waals surface area contributed by atoms with Crippen molar-refractivity contribution in [1.82, 2.24) is 29.3 Å². The number of pyridine rings is 2. The van der Waals surface area contributed by atoms with E-state index in [9.17, 15) is 9.59 Å². The Morgan fingerprint density at radius 1 is 1.06 bits per heavy atom. The molecule has 4 aromatic rings. The zero-order valence-electron chi connectivity index (χ0n) is 18.3. The molecule has 0 saturated carbocycles. The molecule has 4 rings (SSSR count). The number of carbonyl (C=O) groups is 1. The summed E-state index contributed by atoms with van der Waals surface area (Å²) in [6, 6.07) is 6.62. The summed E-state index contributed by atoms with van der Waals surface area (Å²) < 4.78 is 8.35. The molecule has 1 N–H and O–H groups in total. The van der Waals surface area contributed by atoms with Crippen molar-refractivity contribution in [2.45, 2.75) is 12.2 Å². The van der Waals surface area contributed by atoms with Crippen molar-refractivity contribution >= 4 is 35.3 Å². The molecule has 10 nitrogen and oxygen atoms in total. The molecule has 4 aromatic heterocycles. The Morgan fingerprint density at radius 3 is 2.50 bits per heavy atom. The Hall–Kier alpha value is -4.15. The second-order valence-electron chi connectivity index (χ2n) is 7.46. The third-order valence-corrected chi connectivity index (χ3v) is 4.72. The molecule has 0 unspecified atom stereocenters. The Bertz CT molecular complexity index is 1410. The van der Waals surface area contributed by atoms with Gasteiger partial charge in [0.15, 0.2) is 0 Å². The van der Waals surface area contributed by atoms with Crippen molar-refractivity contribution in [2.24, 2.45) is 7.05 Å². The summed E-state index contributed by atoms with van der Waals surface area (Å²) in [4.78, 5) is 37.7. The minimum absolute atomic E-state index is 0.163. The fourth-order valence-electron chi connectivity index (χ4n) is 3.17. The number of nitrogens with one attached hydrogen (secondary N) is 1. The topological polar surface area (TPSA) is 117 Å². The third kappa shape index (κ3) is 4.93. The molecular weight excluding hydrogens is 431 g/mol. The number of hydrogen-bond acceptors (Lipinski definition) is 7. The second-order valence-corrected chi connectivity index (χ2v) is 7.46. The van der Waals surface area contributed by atoms with Gasteiger partial charge in [0.25, 0.3) is 11.5 Å². The van der Waals surface area contributed by atoms with Gasteiger partial charge in [-0.05, 0) is 25.1 Å². The van der Waals surface area contributed by atoms with E-state index < -0.39 is 16.7 Å². The van der Waals surface area contributed by atoms with Crippen LogP contribution in [0.3, 0.4) is 0 Å². The largest absolute Gasteiger partial charge is 0.456 e. The molecule has 0 aliphatic heterocycles. The first-order valence-electron chi connectivity index (χ1n) is 9.98. The molecule has 0 aliphatic rings. The summed E-state index contributed by atoms with van der Waals surface area (Å²) in [6.45, 7) is 1.49. The zero-order chi connectivity index (χ0) is 24.5. The van der Waals surface area contributed by atoms with E-state index in [-0.39, 0.29) is 17.2 Å². The second kappa shape index (κ2) is 9.01. The Balaban J connectivity index is 1.48. The minimum atomic E-state index is -2.01. The van der Waals surface area contributed by atoms with Gasteiger partial charge in [-0.15, -0.1) is 0 Å². The van der Waals surface area contributed by atoms with E-state index >= 15 is 0 Å². The summed E-state index contributed by atoms with van der Waals surface area (Å²) >= 11 is 0. The molecular formula is C21H16B3N7O3. The maximum atomic E-state index is 12.6. The molecule has 0 spiro atoms. The number of hydrogen-bond donors (Lipinski definition) is 1. The van der Waals surface area contributed by atoms with Gasteiger partial charge in [-0.25, -0.2) is 9.97 Å². The predicted molar refractivity (Wildman–Crippen MR) is 127 cm³/mol. The van der Waals surface area contributed by atoms with Gasteiger partial charge in [-0.3, -0.25) is 19.3 Å². The first-order chi connectivity index (χ1) is 16.1. The summed E-state index contributed by atoms with van der Waals surface area (Å²) in [7, 11) is 18.7. The van der Waals surface area contributed by atoms with Crippen molar-refractivity contribution in [2.75, 3.05) is 5.32 Å². The van der Waals surface area contributed by atoms with Crippen LogP contribution in [0, 0.1) is 6.92 Å². The van der Waals surface area contributed by atoms with Gasteiger partial charge in [0.05, 0.1) is 41.6 Å². The van der Waals surface area contributed by atoms with E-state index in [1.807, 2.05) is 13.2 Å². The number of aryl methyl sites for hydroxylation is 2. The van der Waals surface area contributed by atoms with Crippen LogP contribution >= 0.6 is 0 Å². The molecule has 0 aromatic carbocycles. The van der Waals surface area contributed by atoms with Crippen molar-refractivity contribution < 1.29 is 9.53 Å². The lowest BCUT2D eigenvalue weighted by molar-refractivity contribution is 0.102. The van der Waals surface area contributed by atoms with Crippen LogP contribution in [0.4, 0.5) is 5.82 Å². The van der Waals surface area contributed by atoms with E-state index in [1.54, 1.807) is 35.3 Å². The highest BCUT2D eigenvalue weighted by Crippen LogP contribution is 2.25. The lowest BCUT2D eigenvalue weighted by Crippen LogP contribution is -2.46. The molecule has 1 amide bonds. The highest BCUT2D eigenvalue weighted by atomic mass is 16.5. The van der Waals surface area contributed by atoms with Gasteiger partial charge in [0, 0.05) is 37.3 Å². The average Bonchev–Trinajstić information content (AvgIpc) is 3.21. The summed E-state index contributed by atoms with van der Waals surface area (Å²) in [5.74, 6) is 0.588. The number of amides is 1. The maximum absolute atomic E-state index is 12.6. The van der Waals surface area contributed by atoms with Gasteiger partial charge < -0.3 is 14.6 Å². The van der Waals surface area contributed by atoms with E-state index in [4.69, 9.17) is 28.3 Å². The molecule has 0 atom stereocenters. The Morgan fingerprint density at radius 2 is 1.85 bits per heavy atom. The molecule has 0 saturated heterocycles. The molecule has 162 valence electrons. The van der Waals surface area contributed by atoms with Crippen LogP contribution in [0.15, 0.2) is 60.0 Å². The number of nitrogens with zero attached hydrogens (tertiary/aromatic N) is 6.